The van der Waals surface area contributed by atoms with E-state index in [4.69, 9.17) is 0 Å². The van der Waals surface area contributed by atoms with Crippen molar-refractivity contribution in [3.8, 4) is 0 Å². The van der Waals surface area contributed by atoms with E-state index in [0.717, 1.165) is 32.1 Å². The first-order valence-corrected chi connectivity index (χ1v) is 11.7. The molecule has 0 aromatic rings. The van der Waals surface area contributed by atoms with Gasteiger partial charge in [0.15, 0.2) is 0 Å². The van der Waals surface area contributed by atoms with E-state index < -0.39 is 11.6 Å². The number of unbranched alkanes of at least 4 members (excludes halogenated alkanes) is 9. The lowest BCUT2D eigenvalue weighted by atomic mass is 9.91. The second kappa shape index (κ2) is 18.6. The Hall–Kier alpha value is -1.17. The number of carbonyl (C=O) groups is 1. The predicted octanol–water partition coefficient (Wildman–Crippen LogP) is 3.94. The minimum Gasteiger partial charge on any atom is -0.550 e. The summed E-state index contributed by atoms with van der Waals surface area (Å²) in [6.45, 7) is 2.67. The van der Waals surface area contributed by atoms with Gasteiger partial charge in [0.25, 0.3) is 0 Å². The van der Waals surface area contributed by atoms with Crippen LogP contribution in [0.4, 0.5) is 0 Å². The molecule has 0 aromatic carbocycles. The quantitative estimate of drug-likeness (QED) is 0.192. The first kappa shape index (κ1) is 31.0. The third kappa shape index (κ3) is 21.5. The van der Waals surface area contributed by atoms with Gasteiger partial charge in [0.1, 0.15) is 12.1 Å². The van der Waals surface area contributed by atoms with E-state index in [-0.39, 0.29) is 11.9 Å². The van der Waals surface area contributed by atoms with E-state index >= 15 is 0 Å². The maximum absolute atomic E-state index is 11.0. The number of aliphatic carboxylic acids is 1. The molecule has 0 aliphatic carbocycles. The maximum atomic E-state index is 11.0. The normalized spacial score (nSPS) is 14.2. The minimum atomic E-state index is -1.17. The van der Waals surface area contributed by atoms with Crippen molar-refractivity contribution in [2.75, 3.05) is 27.7 Å². The molecule has 0 spiro atoms. The second-order valence-corrected chi connectivity index (χ2v) is 9.56. The molecule has 1 atom stereocenters. The van der Waals surface area contributed by atoms with Gasteiger partial charge in [-0.3, -0.25) is 0 Å². The molecular formula is C25H49NO4. The first-order valence-electron chi connectivity index (χ1n) is 11.7. The van der Waals surface area contributed by atoms with Crippen LogP contribution in [0.15, 0.2) is 24.3 Å². The van der Waals surface area contributed by atoms with Gasteiger partial charge >= 0.3 is 0 Å². The van der Waals surface area contributed by atoms with Crippen molar-refractivity contribution in [1.82, 2.24) is 0 Å². The van der Waals surface area contributed by atoms with Crippen LogP contribution in [-0.4, -0.2) is 54.3 Å². The van der Waals surface area contributed by atoms with Crippen LogP contribution in [0.25, 0.3) is 0 Å². The number of quaternary nitrogens is 1. The summed E-state index contributed by atoms with van der Waals surface area (Å²) in [6, 6.07) is 0. The van der Waals surface area contributed by atoms with Crippen LogP contribution in [0.1, 0.15) is 96.8 Å². The average molecular weight is 428 g/mol. The lowest BCUT2D eigenvalue weighted by Gasteiger charge is -2.36. The number of hydrogen-bond donors (Lipinski definition) is 1. The Kier molecular flexibility index (Phi) is 19.2. The van der Waals surface area contributed by atoms with Gasteiger partial charge in [0.05, 0.1) is 21.1 Å². The fourth-order valence-electron chi connectivity index (χ4n) is 3.82. The smallest absolute Gasteiger partial charge is 0.119 e. The van der Waals surface area contributed by atoms with Gasteiger partial charge in [-0.2, -0.15) is 0 Å². The lowest BCUT2D eigenvalue weighted by Crippen LogP contribution is -2.51. The molecule has 5 heteroatoms. The van der Waals surface area contributed by atoms with E-state index in [1.54, 1.807) is 0 Å². The van der Waals surface area contributed by atoms with Crippen LogP contribution in [0, 0.1) is 0 Å². The number of likely N-dealkylation sites (N-methyl/N-ethyl adjacent to an activating group) is 1. The molecule has 0 aliphatic rings. The number of carbonyl (C=O) groups excluding carboxylic acids is 1. The number of hydrogen-bond acceptors (Lipinski definition) is 3. The molecule has 5 nitrogen and oxygen atoms in total. The Balaban J connectivity index is 0. The average Bonchev–Trinajstić information content (AvgIpc) is 2.59. The molecule has 0 aliphatic heterocycles. The SMILES string of the molecule is CCCCC/C=C\C/C=C\CCCCCCCCC(O)(CC(=O)[O-])C[N+](C)(C)C.O. The standard InChI is InChI=1S/C25H47NO3.H2O/c1-5-6-7-8-9-10-11-12-13-14-15-16-17-18-19-20-21-25(29,22-24(27)28)23-26(2,3)4;/h9-10,12-13,29H,5-8,11,14-23H2,1-4H3;1H2/b10-9-,13-12-;. The van der Waals surface area contributed by atoms with E-state index in [2.05, 4.69) is 31.2 Å². The molecule has 0 amide bonds. The zero-order valence-corrected chi connectivity index (χ0v) is 20.1. The molecule has 0 rings (SSSR count). The van der Waals surface area contributed by atoms with E-state index in [1.807, 2.05) is 21.1 Å². The number of nitrogens with zero attached hydrogens (tertiary/aromatic N) is 1. The molecule has 0 radical (unpaired) electrons. The molecule has 0 fully saturated rings. The van der Waals surface area contributed by atoms with Crippen LogP contribution in [0.2, 0.25) is 0 Å². The van der Waals surface area contributed by atoms with Crippen molar-refractivity contribution < 1.29 is 25.0 Å². The maximum Gasteiger partial charge on any atom is 0.119 e. The van der Waals surface area contributed by atoms with Crippen LogP contribution in [0.3, 0.4) is 0 Å². The Morgan fingerprint density at radius 1 is 0.867 bits per heavy atom. The van der Waals surface area contributed by atoms with E-state index in [9.17, 15) is 15.0 Å². The molecule has 0 heterocycles. The van der Waals surface area contributed by atoms with Crippen LogP contribution < -0.4 is 5.11 Å². The molecular weight excluding hydrogens is 378 g/mol. The van der Waals surface area contributed by atoms with Crippen molar-refractivity contribution >= 4 is 5.97 Å². The molecule has 1 unspecified atom stereocenters. The topological polar surface area (TPSA) is 91.9 Å². The largest absolute Gasteiger partial charge is 0.550 e. The lowest BCUT2D eigenvalue weighted by molar-refractivity contribution is -0.877. The highest BCUT2D eigenvalue weighted by Gasteiger charge is 2.33. The van der Waals surface area contributed by atoms with Crippen molar-refractivity contribution in [1.29, 1.82) is 0 Å². The summed E-state index contributed by atoms with van der Waals surface area (Å²) in [4.78, 5) is 11.0. The molecule has 0 saturated carbocycles. The Morgan fingerprint density at radius 3 is 1.87 bits per heavy atom. The second-order valence-electron chi connectivity index (χ2n) is 9.56. The van der Waals surface area contributed by atoms with Gasteiger partial charge in [-0.15, -0.1) is 0 Å². The summed E-state index contributed by atoms with van der Waals surface area (Å²) in [7, 11) is 5.91. The van der Waals surface area contributed by atoms with Gasteiger partial charge in [-0.05, 0) is 38.5 Å². The third-order valence-corrected chi connectivity index (χ3v) is 5.08. The summed E-state index contributed by atoms with van der Waals surface area (Å²) < 4.78 is 0.548. The van der Waals surface area contributed by atoms with Gasteiger partial charge in [0, 0.05) is 12.4 Å². The number of aliphatic hydroxyl groups is 1. The fourth-order valence-corrected chi connectivity index (χ4v) is 3.82. The molecule has 178 valence electrons. The van der Waals surface area contributed by atoms with Crippen molar-refractivity contribution in [2.45, 2.75) is 102 Å². The summed E-state index contributed by atoms with van der Waals surface area (Å²) in [5, 5.41) is 21.7. The highest BCUT2D eigenvalue weighted by molar-refractivity contribution is 5.65. The van der Waals surface area contributed by atoms with Crippen LogP contribution in [0.5, 0.6) is 0 Å². The zero-order chi connectivity index (χ0) is 22.0. The molecule has 0 saturated heterocycles. The van der Waals surface area contributed by atoms with Crippen molar-refractivity contribution in [3.05, 3.63) is 24.3 Å². The minimum absolute atomic E-state index is 0. The highest BCUT2D eigenvalue weighted by atomic mass is 16.4. The summed E-state index contributed by atoms with van der Waals surface area (Å²) in [6.07, 6.45) is 23.5. The number of carboxylic acids is 1. The molecule has 0 bridgehead atoms. The van der Waals surface area contributed by atoms with Crippen LogP contribution in [-0.2, 0) is 4.79 Å². The van der Waals surface area contributed by atoms with Gasteiger partial charge in [0.2, 0.25) is 0 Å². The monoisotopic (exact) mass is 427 g/mol. The summed E-state index contributed by atoms with van der Waals surface area (Å²) in [5.74, 6) is -1.17. The highest BCUT2D eigenvalue weighted by Crippen LogP contribution is 2.22. The Bertz CT molecular complexity index is 468. The number of rotatable bonds is 19. The predicted molar refractivity (Wildman–Crippen MR) is 125 cm³/mol. The van der Waals surface area contributed by atoms with Gasteiger partial charge < -0.3 is 25.0 Å². The van der Waals surface area contributed by atoms with Gasteiger partial charge in [-0.1, -0.05) is 76.2 Å². The molecule has 3 N–H and O–H groups in total. The summed E-state index contributed by atoms with van der Waals surface area (Å²) in [5.41, 5.74) is -1.16. The van der Waals surface area contributed by atoms with Crippen molar-refractivity contribution in [3.63, 3.8) is 0 Å². The number of carboxylic acid groups (broad SMARTS) is 1. The summed E-state index contributed by atoms with van der Waals surface area (Å²) >= 11 is 0. The van der Waals surface area contributed by atoms with E-state index in [0.29, 0.717) is 17.4 Å². The third-order valence-electron chi connectivity index (χ3n) is 5.08. The zero-order valence-electron chi connectivity index (χ0n) is 20.1. The fraction of sp³-hybridized carbons (Fsp3) is 0.800. The molecule has 0 aromatic heterocycles. The van der Waals surface area contributed by atoms with E-state index in [1.165, 1.54) is 44.9 Å². The van der Waals surface area contributed by atoms with Gasteiger partial charge in [-0.25, -0.2) is 0 Å². The first-order chi connectivity index (χ1) is 13.7. The number of allylic oxidation sites excluding steroid dienone is 4. The Morgan fingerprint density at radius 2 is 1.37 bits per heavy atom. The Labute approximate surface area is 185 Å². The van der Waals surface area contributed by atoms with Crippen LogP contribution >= 0.6 is 0 Å². The van der Waals surface area contributed by atoms with Crippen molar-refractivity contribution in [2.24, 2.45) is 0 Å². The molecule has 30 heavy (non-hydrogen) atoms.